The number of carbonyl (C=O) groups excluding carboxylic acids is 1. The summed E-state index contributed by atoms with van der Waals surface area (Å²) in [6, 6.07) is 1.87. The summed E-state index contributed by atoms with van der Waals surface area (Å²) in [5.74, 6) is 1.22. The van der Waals surface area contributed by atoms with Crippen molar-refractivity contribution in [2.45, 2.75) is 32.0 Å². The Balaban J connectivity index is 1.41. The van der Waals surface area contributed by atoms with Crippen LogP contribution in [0, 0.1) is 0 Å². The van der Waals surface area contributed by atoms with Gasteiger partial charge in [-0.1, -0.05) is 5.16 Å². The van der Waals surface area contributed by atoms with Gasteiger partial charge in [0.2, 0.25) is 0 Å². The van der Waals surface area contributed by atoms with E-state index < -0.39 is 0 Å². The average Bonchev–Trinajstić information content (AvgIpc) is 3.30. The number of thiophene rings is 1. The highest BCUT2D eigenvalue weighted by atomic mass is 32.1. The summed E-state index contributed by atoms with van der Waals surface area (Å²) in [7, 11) is 1.64. The van der Waals surface area contributed by atoms with Crippen molar-refractivity contribution in [2.75, 3.05) is 26.8 Å². The van der Waals surface area contributed by atoms with Crippen molar-refractivity contribution >= 4 is 17.2 Å². The summed E-state index contributed by atoms with van der Waals surface area (Å²) in [6.45, 7) is 2.30. The normalized spacial score (nSPS) is 15.8. The second kappa shape index (κ2) is 8.36. The minimum absolute atomic E-state index is 0.106. The Labute approximate surface area is 144 Å². The van der Waals surface area contributed by atoms with E-state index in [-0.39, 0.29) is 12.0 Å². The van der Waals surface area contributed by atoms with E-state index >= 15 is 0 Å². The number of methoxy groups -OCH3 is 1. The molecule has 3 rings (SSSR count). The van der Waals surface area contributed by atoms with Crippen molar-refractivity contribution in [3.8, 4) is 0 Å². The van der Waals surface area contributed by atoms with Crippen LogP contribution in [0.4, 0.5) is 0 Å². The highest BCUT2D eigenvalue weighted by Gasteiger charge is 2.24. The average molecular weight is 351 g/mol. The molecule has 0 N–H and O–H groups in total. The van der Waals surface area contributed by atoms with Gasteiger partial charge in [-0.05, 0) is 24.3 Å². The summed E-state index contributed by atoms with van der Waals surface area (Å²) in [5, 5.41) is 7.70. The maximum Gasteiger partial charge on any atom is 0.254 e. The van der Waals surface area contributed by atoms with Gasteiger partial charge >= 0.3 is 0 Å². The first-order chi connectivity index (χ1) is 11.8. The number of hydrogen-bond donors (Lipinski definition) is 0. The molecular formula is C16H21N3O4S. The Morgan fingerprint density at radius 2 is 2.29 bits per heavy atom. The zero-order chi connectivity index (χ0) is 16.8. The van der Waals surface area contributed by atoms with Crippen molar-refractivity contribution in [2.24, 2.45) is 0 Å². The molecule has 7 nitrogen and oxygen atoms in total. The SMILES string of the molecule is COCCc1noc(COC2CCN(C(=O)c3ccsc3)CC2)n1. The third-order valence-electron chi connectivity index (χ3n) is 3.98. The molecule has 130 valence electrons. The molecule has 0 aromatic carbocycles. The molecule has 1 fully saturated rings. The van der Waals surface area contributed by atoms with Gasteiger partial charge in [0.25, 0.3) is 11.8 Å². The molecule has 1 aliphatic rings. The lowest BCUT2D eigenvalue weighted by atomic mass is 10.1. The van der Waals surface area contributed by atoms with E-state index in [0.29, 0.717) is 44.4 Å². The van der Waals surface area contributed by atoms with Crippen LogP contribution in [0.15, 0.2) is 21.3 Å². The lowest BCUT2D eigenvalue weighted by Gasteiger charge is -2.31. The largest absolute Gasteiger partial charge is 0.384 e. The lowest BCUT2D eigenvalue weighted by Crippen LogP contribution is -2.40. The van der Waals surface area contributed by atoms with Crippen LogP contribution in [0.2, 0.25) is 0 Å². The van der Waals surface area contributed by atoms with E-state index in [9.17, 15) is 4.79 Å². The third-order valence-corrected chi connectivity index (χ3v) is 4.66. The van der Waals surface area contributed by atoms with Crippen LogP contribution in [-0.4, -0.2) is 53.9 Å². The zero-order valence-electron chi connectivity index (χ0n) is 13.6. The number of ether oxygens (including phenoxy) is 2. The first kappa shape index (κ1) is 17.1. The molecule has 0 spiro atoms. The Morgan fingerprint density at radius 3 is 3.00 bits per heavy atom. The number of piperidine rings is 1. The molecule has 0 saturated carbocycles. The first-order valence-electron chi connectivity index (χ1n) is 7.99. The maximum absolute atomic E-state index is 12.3. The summed E-state index contributed by atoms with van der Waals surface area (Å²) < 4.78 is 16.0. The second-order valence-electron chi connectivity index (χ2n) is 5.66. The topological polar surface area (TPSA) is 77.7 Å². The molecule has 3 heterocycles. The first-order valence-corrected chi connectivity index (χ1v) is 8.94. The van der Waals surface area contributed by atoms with Crippen LogP contribution in [0.25, 0.3) is 0 Å². The number of amides is 1. The molecule has 8 heteroatoms. The zero-order valence-corrected chi connectivity index (χ0v) is 14.5. The van der Waals surface area contributed by atoms with Gasteiger partial charge in [0.15, 0.2) is 5.82 Å². The van der Waals surface area contributed by atoms with Crippen molar-refractivity contribution in [3.63, 3.8) is 0 Å². The van der Waals surface area contributed by atoms with Gasteiger partial charge in [-0.2, -0.15) is 16.3 Å². The number of likely N-dealkylation sites (tertiary alicyclic amines) is 1. The Kier molecular flexibility index (Phi) is 5.95. The van der Waals surface area contributed by atoms with Crippen molar-refractivity contribution in [1.29, 1.82) is 0 Å². The Bertz CT molecular complexity index is 636. The van der Waals surface area contributed by atoms with E-state index in [1.54, 1.807) is 18.4 Å². The van der Waals surface area contributed by atoms with Crippen LogP contribution in [-0.2, 0) is 22.5 Å². The third kappa shape index (κ3) is 4.40. The van der Waals surface area contributed by atoms with Crippen molar-refractivity contribution in [3.05, 3.63) is 34.1 Å². The van der Waals surface area contributed by atoms with Gasteiger partial charge in [-0.15, -0.1) is 0 Å². The van der Waals surface area contributed by atoms with Gasteiger partial charge in [-0.3, -0.25) is 4.79 Å². The fraction of sp³-hybridized carbons (Fsp3) is 0.562. The molecule has 0 atom stereocenters. The van der Waals surface area contributed by atoms with Crippen LogP contribution < -0.4 is 0 Å². The number of rotatable bonds is 7. The van der Waals surface area contributed by atoms with E-state index in [1.165, 1.54) is 0 Å². The number of nitrogens with zero attached hydrogens (tertiary/aromatic N) is 3. The van der Waals surface area contributed by atoms with Crippen LogP contribution >= 0.6 is 11.3 Å². The fourth-order valence-corrected chi connectivity index (χ4v) is 3.26. The lowest BCUT2D eigenvalue weighted by molar-refractivity contribution is -0.00977. The van der Waals surface area contributed by atoms with Gasteiger partial charge < -0.3 is 18.9 Å². The minimum atomic E-state index is 0.106. The van der Waals surface area contributed by atoms with Gasteiger partial charge in [0.05, 0.1) is 18.3 Å². The molecule has 1 aliphatic heterocycles. The second-order valence-corrected chi connectivity index (χ2v) is 6.44. The van der Waals surface area contributed by atoms with Crippen LogP contribution in [0.3, 0.4) is 0 Å². The standard InChI is InChI=1S/C16H21N3O4S/c1-21-8-4-14-17-15(23-18-14)10-22-13-2-6-19(7-3-13)16(20)12-5-9-24-11-12/h5,9,11,13H,2-4,6-8,10H2,1H3. The molecule has 2 aromatic heterocycles. The molecule has 0 bridgehead atoms. The van der Waals surface area contributed by atoms with E-state index in [4.69, 9.17) is 14.0 Å². The highest BCUT2D eigenvalue weighted by molar-refractivity contribution is 7.08. The Morgan fingerprint density at radius 1 is 1.46 bits per heavy atom. The van der Waals surface area contributed by atoms with Gasteiger partial charge in [0, 0.05) is 32.0 Å². The fourth-order valence-electron chi connectivity index (χ4n) is 2.63. The maximum atomic E-state index is 12.3. The highest BCUT2D eigenvalue weighted by Crippen LogP contribution is 2.18. The summed E-state index contributed by atoms with van der Waals surface area (Å²) in [6.07, 6.45) is 2.38. The molecule has 0 unspecified atom stereocenters. The number of aromatic nitrogens is 2. The smallest absolute Gasteiger partial charge is 0.254 e. The van der Waals surface area contributed by atoms with E-state index in [0.717, 1.165) is 18.4 Å². The van der Waals surface area contributed by atoms with Crippen LogP contribution in [0.1, 0.15) is 34.9 Å². The summed E-state index contributed by atoms with van der Waals surface area (Å²) in [4.78, 5) is 18.4. The number of hydrogen-bond acceptors (Lipinski definition) is 7. The van der Waals surface area contributed by atoms with E-state index in [1.807, 2.05) is 21.7 Å². The number of carbonyl (C=O) groups is 1. The quantitative estimate of drug-likeness (QED) is 0.760. The van der Waals surface area contributed by atoms with Gasteiger partial charge in [0.1, 0.15) is 6.61 Å². The summed E-state index contributed by atoms with van der Waals surface area (Å²) >= 11 is 1.54. The predicted octanol–water partition coefficient (Wildman–Crippen LogP) is 2.14. The van der Waals surface area contributed by atoms with E-state index in [2.05, 4.69) is 10.1 Å². The minimum Gasteiger partial charge on any atom is -0.384 e. The predicted molar refractivity (Wildman–Crippen MR) is 87.9 cm³/mol. The summed E-state index contributed by atoms with van der Waals surface area (Å²) in [5.41, 5.74) is 0.772. The molecule has 1 amide bonds. The Hall–Kier alpha value is -1.77. The molecule has 1 saturated heterocycles. The monoisotopic (exact) mass is 351 g/mol. The molecule has 24 heavy (non-hydrogen) atoms. The van der Waals surface area contributed by atoms with Gasteiger partial charge in [-0.25, -0.2) is 0 Å². The van der Waals surface area contributed by atoms with Crippen LogP contribution in [0.5, 0.6) is 0 Å². The molecule has 0 aliphatic carbocycles. The molecule has 0 radical (unpaired) electrons. The molecular weight excluding hydrogens is 330 g/mol. The van der Waals surface area contributed by atoms with Crippen molar-refractivity contribution in [1.82, 2.24) is 15.0 Å². The molecule has 2 aromatic rings. The van der Waals surface area contributed by atoms with Crippen molar-refractivity contribution < 1.29 is 18.8 Å².